The number of rotatable bonds is 6. The molecule has 4 N–H and O–H groups in total. The van der Waals surface area contributed by atoms with E-state index in [9.17, 15) is 0 Å². The summed E-state index contributed by atoms with van der Waals surface area (Å²) in [6.07, 6.45) is 0.866. The molecule has 0 saturated heterocycles. The van der Waals surface area contributed by atoms with E-state index in [1.165, 1.54) is 0 Å². The predicted octanol–water partition coefficient (Wildman–Crippen LogP) is 1.85. The molecule has 0 saturated carbocycles. The molecule has 1 unspecified atom stereocenters. The van der Waals surface area contributed by atoms with E-state index in [1.807, 2.05) is 26.0 Å². The van der Waals surface area contributed by atoms with Crippen molar-refractivity contribution < 1.29 is 9.84 Å². The maximum Gasteiger partial charge on any atom is 0.144 e. The van der Waals surface area contributed by atoms with Crippen molar-refractivity contribution >= 4 is 11.4 Å². The van der Waals surface area contributed by atoms with Gasteiger partial charge in [-0.1, -0.05) is 6.92 Å². The maximum absolute atomic E-state index is 9.10. The summed E-state index contributed by atoms with van der Waals surface area (Å²) in [5.41, 5.74) is 7.31. The molecule has 0 aliphatic rings. The highest BCUT2D eigenvalue weighted by atomic mass is 16.5. The van der Waals surface area contributed by atoms with Gasteiger partial charge in [0.2, 0.25) is 0 Å². The lowest BCUT2D eigenvalue weighted by Gasteiger charge is -2.16. The maximum atomic E-state index is 9.10. The van der Waals surface area contributed by atoms with Crippen molar-refractivity contribution in [3.63, 3.8) is 0 Å². The summed E-state index contributed by atoms with van der Waals surface area (Å²) in [5.74, 6) is 0.681. The third kappa shape index (κ3) is 3.31. The SMILES string of the molecule is CCOc1cc(NC(CC)CO)ccc1N. The van der Waals surface area contributed by atoms with E-state index in [4.69, 9.17) is 15.6 Å². The van der Waals surface area contributed by atoms with Gasteiger partial charge in [0.15, 0.2) is 0 Å². The summed E-state index contributed by atoms with van der Waals surface area (Å²) in [5, 5.41) is 12.3. The Hall–Kier alpha value is -1.42. The van der Waals surface area contributed by atoms with Crippen LogP contribution in [0.2, 0.25) is 0 Å². The number of benzene rings is 1. The second kappa shape index (κ2) is 6.23. The quantitative estimate of drug-likeness (QED) is 0.645. The Kier molecular flexibility index (Phi) is 4.92. The van der Waals surface area contributed by atoms with E-state index >= 15 is 0 Å². The van der Waals surface area contributed by atoms with Gasteiger partial charge in [-0.3, -0.25) is 0 Å². The van der Waals surface area contributed by atoms with E-state index < -0.39 is 0 Å². The first-order valence-corrected chi connectivity index (χ1v) is 5.61. The van der Waals surface area contributed by atoms with Crippen molar-refractivity contribution in [1.29, 1.82) is 0 Å². The Morgan fingerprint density at radius 1 is 1.44 bits per heavy atom. The van der Waals surface area contributed by atoms with E-state index in [2.05, 4.69) is 5.32 Å². The average molecular weight is 224 g/mol. The molecule has 1 atom stereocenters. The first-order chi connectivity index (χ1) is 7.71. The molecule has 0 fully saturated rings. The van der Waals surface area contributed by atoms with Crippen molar-refractivity contribution in [3.05, 3.63) is 18.2 Å². The van der Waals surface area contributed by atoms with Gasteiger partial charge in [0, 0.05) is 17.8 Å². The fourth-order valence-corrected chi connectivity index (χ4v) is 1.42. The Morgan fingerprint density at radius 2 is 2.19 bits per heavy atom. The first kappa shape index (κ1) is 12.6. The van der Waals surface area contributed by atoms with Gasteiger partial charge in [-0.2, -0.15) is 0 Å². The van der Waals surface area contributed by atoms with Crippen LogP contribution in [0.1, 0.15) is 20.3 Å². The van der Waals surface area contributed by atoms with Gasteiger partial charge in [0.05, 0.1) is 18.9 Å². The lowest BCUT2D eigenvalue weighted by molar-refractivity contribution is 0.272. The summed E-state index contributed by atoms with van der Waals surface area (Å²) in [6, 6.07) is 5.61. The van der Waals surface area contributed by atoms with E-state index in [-0.39, 0.29) is 12.6 Å². The van der Waals surface area contributed by atoms with Gasteiger partial charge < -0.3 is 20.9 Å². The Labute approximate surface area is 96.4 Å². The Morgan fingerprint density at radius 3 is 2.75 bits per heavy atom. The number of aliphatic hydroxyl groups excluding tert-OH is 1. The largest absolute Gasteiger partial charge is 0.492 e. The number of ether oxygens (including phenoxy) is 1. The topological polar surface area (TPSA) is 67.5 Å². The number of hydrogen-bond acceptors (Lipinski definition) is 4. The normalized spacial score (nSPS) is 12.2. The smallest absolute Gasteiger partial charge is 0.144 e. The van der Waals surface area contributed by atoms with Crippen LogP contribution in [0.25, 0.3) is 0 Å². The molecule has 0 aliphatic heterocycles. The van der Waals surface area contributed by atoms with Crippen molar-refractivity contribution in [1.82, 2.24) is 0 Å². The summed E-state index contributed by atoms with van der Waals surface area (Å²) >= 11 is 0. The molecular formula is C12H20N2O2. The van der Waals surface area contributed by atoms with Gasteiger partial charge in [-0.05, 0) is 25.5 Å². The average Bonchev–Trinajstić information content (AvgIpc) is 2.30. The second-order valence-corrected chi connectivity index (χ2v) is 3.62. The van der Waals surface area contributed by atoms with Crippen LogP contribution in [-0.2, 0) is 0 Å². The van der Waals surface area contributed by atoms with Gasteiger partial charge in [0.1, 0.15) is 5.75 Å². The summed E-state index contributed by atoms with van der Waals surface area (Å²) in [4.78, 5) is 0. The van der Waals surface area contributed by atoms with E-state index in [1.54, 1.807) is 6.07 Å². The van der Waals surface area contributed by atoms with Crippen molar-refractivity contribution in [3.8, 4) is 5.75 Å². The van der Waals surface area contributed by atoms with Gasteiger partial charge in [0.25, 0.3) is 0 Å². The van der Waals surface area contributed by atoms with Crippen LogP contribution >= 0.6 is 0 Å². The van der Waals surface area contributed by atoms with Crippen molar-refractivity contribution in [2.75, 3.05) is 24.3 Å². The van der Waals surface area contributed by atoms with Crippen LogP contribution in [0.5, 0.6) is 5.75 Å². The molecule has 0 aliphatic carbocycles. The van der Waals surface area contributed by atoms with Gasteiger partial charge in [-0.25, -0.2) is 0 Å². The molecular weight excluding hydrogens is 204 g/mol. The zero-order chi connectivity index (χ0) is 12.0. The standard InChI is InChI=1S/C12H20N2O2/c1-3-9(8-15)14-10-5-6-11(13)12(7-10)16-4-2/h5-7,9,14-15H,3-4,8,13H2,1-2H3. The minimum Gasteiger partial charge on any atom is -0.492 e. The highest BCUT2D eigenvalue weighted by Crippen LogP contribution is 2.25. The molecule has 0 heterocycles. The summed E-state index contributed by atoms with van der Waals surface area (Å²) < 4.78 is 5.40. The zero-order valence-corrected chi connectivity index (χ0v) is 9.86. The fourth-order valence-electron chi connectivity index (χ4n) is 1.42. The van der Waals surface area contributed by atoms with Crippen LogP contribution in [0.15, 0.2) is 18.2 Å². The van der Waals surface area contributed by atoms with Gasteiger partial charge in [-0.15, -0.1) is 0 Å². The minimum absolute atomic E-state index is 0.0677. The fraction of sp³-hybridized carbons (Fsp3) is 0.500. The molecule has 1 rings (SSSR count). The third-order valence-electron chi connectivity index (χ3n) is 2.40. The number of aliphatic hydroxyl groups is 1. The zero-order valence-electron chi connectivity index (χ0n) is 9.86. The van der Waals surface area contributed by atoms with Crippen LogP contribution in [0.4, 0.5) is 11.4 Å². The Balaban J connectivity index is 2.77. The van der Waals surface area contributed by atoms with Crippen LogP contribution in [-0.4, -0.2) is 24.4 Å². The summed E-state index contributed by atoms with van der Waals surface area (Å²) in [6.45, 7) is 4.65. The van der Waals surface area contributed by atoms with Crippen molar-refractivity contribution in [2.45, 2.75) is 26.3 Å². The highest BCUT2D eigenvalue weighted by Gasteiger charge is 2.06. The monoisotopic (exact) mass is 224 g/mol. The molecule has 1 aromatic carbocycles. The van der Waals surface area contributed by atoms with Gasteiger partial charge >= 0.3 is 0 Å². The number of anilines is 2. The lowest BCUT2D eigenvalue weighted by atomic mass is 10.2. The van der Waals surface area contributed by atoms with E-state index in [0.717, 1.165) is 12.1 Å². The summed E-state index contributed by atoms with van der Waals surface area (Å²) in [7, 11) is 0. The molecule has 90 valence electrons. The van der Waals surface area contributed by atoms with Crippen molar-refractivity contribution in [2.24, 2.45) is 0 Å². The number of hydrogen-bond donors (Lipinski definition) is 3. The van der Waals surface area contributed by atoms with E-state index in [0.29, 0.717) is 18.0 Å². The lowest BCUT2D eigenvalue weighted by Crippen LogP contribution is -2.22. The molecule has 4 nitrogen and oxygen atoms in total. The molecule has 1 aromatic rings. The first-order valence-electron chi connectivity index (χ1n) is 5.61. The number of nitrogen functional groups attached to an aromatic ring is 1. The molecule has 0 spiro atoms. The molecule has 4 heteroatoms. The molecule has 16 heavy (non-hydrogen) atoms. The Bertz CT molecular complexity index is 325. The third-order valence-corrected chi connectivity index (χ3v) is 2.40. The van der Waals surface area contributed by atoms with Crippen LogP contribution in [0.3, 0.4) is 0 Å². The molecule has 0 aromatic heterocycles. The van der Waals surface area contributed by atoms with Crippen LogP contribution in [0, 0.1) is 0 Å². The number of nitrogens with two attached hydrogens (primary N) is 1. The second-order valence-electron chi connectivity index (χ2n) is 3.62. The predicted molar refractivity (Wildman–Crippen MR) is 66.8 cm³/mol. The minimum atomic E-state index is 0.0677. The molecule has 0 bridgehead atoms. The highest BCUT2D eigenvalue weighted by molar-refractivity contribution is 5.61. The molecule has 0 amide bonds. The van der Waals surface area contributed by atoms with Crippen LogP contribution < -0.4 is 15.8 Å². The number of nitrogens with one attached hydrogen (secondary N) is 1. The molecule has 0 radical (unpaired) electrons.